The topological polar surface area (TPSA) is 412 Å². The Labute approximate surface area is 464 Å². The first kappa shape index (κ1) is 72.9. The summed E-state index contributed by atoms with van der Waals surface area (Å²) in [5.41, 5.74) is 6.70. The first-order valence-electron chi connectivity index (χ1n) is 28.2. The highest BCUT2D eigenvalue weighted by molar-refractivity contribution is 5.88. The Morgan fingerprint density at radius 1 is 0.570 bits per heavy atom. The lowest BCUT2D eigenvalue weighted by Crippen LogP contribution is -2.47. The van der Waals surface area contributed by atoms with E-state index in [-0.39, 0.29) is 88.9 Å². The zero-order valence-electron chi connectivity index (χ0n) is 46.8. The van der Waals surface area contributed by atoms with Crippen LogP contribution in [0.3, 0.4) is 0 Å². The van der Waals surface area contributed by atoms with Crippen molar-refractivity contribution < 1.29 is 83.4 Å². The predicted molar refractivity (Wildman–Crippen MR) is 291 cm³/mol. The lowest BCUT2D eigenvalue weighted by Gasteiger charge is -2.20. The van der Waals surface area contributed by atoms with Crippen molar-refractivity contribution in [3.63, 3.8) is 0 Å². The Hall–Kier alpha value is -6.14. The maximum atomic E-state index is 13.1. The molecular weight excluding hydrogens is 1030 g/mol. The van der Waals surface area contributed by atoms with Crippen LogP contribution in [0.4, 0.5) is 0 Å². The fourth-order valence-electron chi connectivity index (χ4n) is 8.49. The van der Waals surface area contributed by atoms with Gasteiger partial charge < -0.3 is 57.3 Å². The van der Waals surface area contributed by atoms with Gasteiger partial charge in [-0.25, -0.2) is 14.6 Å². The van der Waals surface area contributed by atoms with Crippen LogP contribution in [-0.2, 0) is 59.2 Å². The number of amides is 3. The summed E-state index contributed by atoms with van der Waals surface area (Å²) >= 11 is 0. The summed E-state index contributed by atoms with van der Waals surface area (Å²) in [6.07, 6.45) is 19.3. The number of nitrogens with two attached hydrogens (primary N) is 1. The number of aromatic amines is 1. The first-order valence-corrected chi connectivity index (χ1v) is 28.2. The number of aliphatic hydroxyl groups excluding tert-OH is 1. The van der Waals surface area contributed by atoms with Crippen molar-refractivity contribution in [2.45, 2.75) is 237 Å². The van der Waals surface area contributed by atoms with E-state index < -0.39 is 108 Å². The Bertz CT molecular complexity index is 1980. The van der Waals surface area contributed by atoms with E-state index in [1.165, 1.54) is 103 Å². The number of unbranched alkanes of at least 4 members (excludes halogenated alkanes) is 14. The third kappa shape index (κ3) is 38.2. The predicted octanol–water partition coefficient (Wildman–Crippen LogP) is 5.02. The second-order valence-corrected chi connectivity index (χ2v) is 20.2. The molecule has 1 aromatic heterocycles. The van der Waals surface area contributed by atoms with Crippen molar-refractivity contribution in [3.05, 3.63) is 18.2 Å². The largest absolute Gasteiger partial charge is 0.481 e. The smallest absolute Gasteiger partial charge is 0.326 e. The molecule has 7 atom stereocenters. The molecule has 0 spiro atoms. The van der Waals surface area contributed by atoms with E-state index in [0.717, 1.165) is 12.8 Å². The van der Waals surface area contributed by atoms with E-state index >= 15 is 0 Å². The van der Waals surface area contributed by atoms with Crippen molar-refractivity contribution in [1.82, 2.24) is 31.2 Å². The van der Waals surface area contributed by atoms with Gasteiger partial charge in [-0.3, -0.25) is 48.5 Å². The number of H-pyrrole nitrogens is 1. The van der Waals surface area contributed by atoms with Crippen molar-refractivity contribution in [2.75, 3.05) is 13.1 Å². The van der Waals surface area contributed by atoms with Gasteiger partial charge in [-0.15, -0.1) is 0 Å². The molecule has 1 rings (SSSR count). The Morgan fingerprint density at radius 2 is 1.10 bits per heavy atom. The molecule has 0 aromatic carbocycles. The summed E-state index contributed by atoms with van der Waals surface area (Å²) in [6, 6.07) is -5.07. The highest BCUT2D eigenvalue weighted by Gasteiger charge is 2.29. The molecular formula is C55H93N7O17. The van der Waals surface area contributed by atoms with E-state index in [4.69, 9.17) is 10.8 Å². The lowest BCUT2D eigenvalue weighted by molar-refractivity contribution is -0.145. The summed E-state index contributed by atoms with van der Waals surface area (Å²) in [7, 11) is 0. The van der Waals surface area contributed by atoms with Crippen LogP contribution < -0.4 is 27.0 Å². The minimum absolute atomic E-state index is 0.0237. The SMILES string of the molecule is CCC(=O)N[C@@H](CCC(=O)C[C@@H](CCC(=O)N[C@@H](CCC(=O)NCCCC[C@H](CCC(=O)[C@@H](N)Cc1cnc[nH]1)C(=O)CN[C@H](C(=O)O)[C@@H](C)O)C(=O)O)C(=O)O)C(=O)O.CCCCCCCCCCCCCCCCC(=O)O. The van der Waals surface area contributed by atoms with E-state index in [0.29, 0.717) is 25.0 Å². The van der Waals surface area contributed by atoms with Gasteiger partial charge in [0.1, 0.15) is 35.5 Å². The van der Waals surface area contributed by atoms with Crippen molar-refractivity contribution in [2.24, 2.45) is 17.6 Å². The van der Waals surface area contributed by atoms with Gasteiger partial charge in [0.2, 0.25) is 17.7 Å². The molecule has 0 fully saturated rings. The molecule has 24 nitrogen and oxygen atoms in total. The van der Waals surface area contributed by atoms with Crippen molar-refractivity contribution in [3.8, 4) is 0 Å². The number of carboxylic acids is 5. The molecule has 450 valence electrons. The summed E-state index contributed by atoms with van der Waals surface area (Å²) in [4.78, 5) is 138. The van der Waals surface area contributed by atoms with E-state index in [2.05, 4.69) is 38.2 Å². The minimum Gasteiger partial charge on any atom is -0.481 e. The Balaban J connectivity index is 0.00000270. The number of imidazole rings is 1. The van der Waals surface area contributed by atoms with E-state index in [1.807, 2.05) is 0 Å². The molecule has 0 bridgehead atoms. The number of carboxylic acid groups (broad SMARTS) is 5. The molecule has 0 aliphatic rings. The van der Waals surface area contributed by atoms with Crippen LogP contribution in [-0.4, -0.2) is 149 Å². The van der Waals surface area contributed by atoms with Crippen LogP contribution >= 0.6 is 0 Å². The van der Waals surface area contributed by atoms with E-state index in [1.54, 1.807) is 0 Å². The standard InChI is InChI=1S/C38H59N7O15.C17H34O2/c1-3-31(50)44-27(36(55)56)10-9-25(47)16-23(35(53)54)8-13-33(52)45-28(37(57)58)11-14-32(51)41-15-5-4-6-22(30(49)19-42-34(21(2)46)38(59)60)7-12-29(48)26(39)17-24-18-40-20-43-24;1-2-3-4-5-6-7-8-9-10-11-12-13-14-15-16-17(18)19/h18,20-23,26-28,34,42,46H,3-17,19,39H2,1-2H3,(H,40,43)(H,41,51)(H,44,50)(H,45,52)(H,53,54)(H,55,56)(H,57,58)(H,59,60);2-16H2,1H3,(H,18,19)/t21-,22-,23-,26+,27+,28+,34+;/m1./s1. The summed E-state index contributed by atoms with van der Waals surface area (Å²) < 4.78 is 0. The van der Waals surface area contributed by atoms with Crippen LogP contribution in [0, 0.1) is 11.8 Å². The highest BCUT2D eigenvalue weighted by atomic mass is 16.4. The number of hydrogen-bond donors (Lipinski definition) is 12. The molecule has 13 N–H and O–H groups in total. The fourth-order valence-corrected chi connectivity index (χ4v) is 8.49. The average molecular weight is 1120 g/mol. The van der Waals surface area contributed by atoms with Crippen LogP contribution in [0.1, 0.15) is 206 Å². The Kier molecular flexibility index (Phi) is 41.2. The molecule has 24 heteroatoms. The number of nitrogens with one attached hydrogen (secondary N) is 5. The minimum atomic E-state index is -1.50. The van der Waals surface area contributed by atoms with Gasteiger partial charge in [-0.05, 0) is 51.9 Å². The monoisotopic (exact) mass is 1120 g/mol. The normalized spacial score (nSPS) is 13.7. The molecule has 0 radical (unpaired) electrons. The molecule has 0 unspecified atom stereocenters. The molecule has 79 heavy (non-hydrogen) atoms. The van der Waals surface area contributed by atoms with E-state index in [9.17, 15) is 78.3 Å². The number of Topliss-reactive ketones (excluding diaryl/α,β-unsaturated/α-hetero) is 3. The maximum absolute atomic E-state index is 13.1. The molecule has 1 heterocycles. The van der Waals surface area contributed by atoms with Crippen molar-refractivity contribution >= 4 is 64.9 Å². The van der Waals surface area contributed by atoms with Gasteiger partial charge >= 0.3 is 29.8 Å². The molecule has 0 saturated carbocycles. The third-order valence-corrected chi connectivity index (χ3v) is 13.4. The second-order valence-electron chi connectivity index (χ2n) is 20.2. The Morgan fingerprint density at radius 3 is 1.59 bits per heavy atom. The van der Waals surface area contributed by atoms with Gasteiger partial charge in [0.15, 0.2) is 0 Å². The van der Waals surface area contributed by atoms with Crippen LogP contribution in [0.2, 0.25) is 0 Å². The summed E-state index contributed by atoms with van der Waals surface area (Å²) in [5.74, 6) is -11.4. The second kappa shape index (κ2) is 44.7. The zero-order valence-corrected chi connectivity index (χ0v) is 46.8. The summed E-state index contributed by atoms with van der Waals surface area (Å²) in [6.45, 7) is 4.80. The number of carbonyl (C=O) groups excluding carboxylic acids is 6. The number of hydrogen-bond acceptors (Lipinski definition) is 15. The number of aromatic nitrogens is 2. The van der Waals surface area contributed by atoms with Gasteiger partial charge in [-0.2, -0.15) is 0 Å². The number of rotatable bonds is 49. The fraction of sp³-hybridized carbons (Fsp3) is 0.745. The molecule has 0 aliphatic carbocycles. The number of nitrogens with zero attached hydrogens (tertiary/aromatic N) is 1. The number of ketones is 3. The third-order valence-electron chi connectivity index (χ3n) is 13.4. The van der Waals surface area contributed by atoms with Gasteiger partial charge in [0.05, 0.1) is 30.9 Å². The molecule has 0 saturated heterocycles. The van der Waals surface area contributed by atoms with Crippen molar-refractivity contribution in [1.29, 1.82) is 0 Å². The first-order chi connectivity index (χ1) is 37.5. The van der Waals surface area contributed by atoms with Crippen LogP contribution in [0.5, 0.6) is 0 Å². The molecule has 3 amide bonds. The number of aliphatic carboxylic acids is 5. The summed E-state index contributed by atoms with van der Waals surface area (Å²) in [5, 5.41) is 65.7. The van der Waals surface area contributed by atoms with Crippen LogP contribution in [0.15, 0.2) is 12.5 Å². The van der Waals surface area contributed by atoms with Gasteiger partial charge in [0, 0.05) is 75.7 Å². The zero-order chi connectivity index (χ0) is 59.5. The average Bonchev–Trinajstić information content (AvgIpc) is 3.90. The van der Waals surface area contributed by atoms with Crippen LogP contribution in [0.25, 0.3) is 0 Å². The molecule has 1 aromatic rings. The maximum Gasteiger partial charge on any atom is 0.326 e. The van der Waals surface area contributed by atoms with Gasteiger partial charge in [0.25, 0.3) is 0 Å². The lowest BCUT2D eigenvalue weighted by atomic mass is 9.89. The quantitative estimate of drug-likeness (QED) is 0.0381. The molecule has 0 aliphatic heterocycles. The highest BCUT2D eigenvalue weighted by Crippen LogP contribution is 2.19. The number of aliphatic hydroxyl groups is 1. The number of carbonyl (C=O) groups is 11. The van der Waals surface area contributed by atoms with Gasteiger partial charge in [-0.1, -0.05) is 104 Å².